The Hall–Kier alpha value is -2.98. The van der Waals surface area contributed by atoms with Gasteiger partial charge < -0.3 is 14.5 Å². The molecule has 0 N–H and O–H groups in total. The predicted octanol–water partition coefficient (Wildman–Crippen LogP) is 1.66. The van der Waals surface area contributed by atoms with Crippen molar-refractivity contribution in [1.29, 1.82) is 0 Å². The van der Waals surface area contributed by atoms with Crippen molar-refractivity contribution < 1.29 is 9.53 Å². The van der Waals surface area contributed by atoms with Crippen molar-refractivity contribution >= 4 is 34.4 Å². The number of thioether (sulfide) groups is 1. The molecule has 2 aromatic heterocycles. The van der Waals surface area contributed by atoms with Crippen molar-refractivity contribution in [3.8, 4) is 0 Å². The van der Waals surface area contributed by atoms with E-state index in [1.54, 1.807) is 36.3 Å². The number of carbonyl (C=O) groups is 1. The molecule has 1 amide bonds. The van der Waals surface area contributed by atoms with Crippen LogP contribution in [0.2, 0.25) is 0 Å². The van der Waals surface area contributed by atoms with E-state index in [0.717, 1.165) is 5.82 Å². The molecule has 3 aromatic rings. The summed E-state index contributed by atoms with van der Waals surface area (Å²) in [5.41, 5.74) is 0.562. The largest absolute Gasteiger partial charge is 0.385 e. The van der Waals surface area contributed by atoms with Gasteiger partial charge in [-0.1, -0.05) is 23.9 Å². The van der Waals surface area contributed by atoms with E-state index in [1.165, 1.54) is 11.8 Å². The highest BCUT2D eigenvalue weighted by Crippen LogP contribution is 2.20. The number of hydrogen-bond acceptors (Lipinski definition) is 8. The summed E-state index contributed by atoms with van der Waals surface area (Å²) >= 11 is 1.32. The molecule has 32 heavy (non-hydrogen) atoms. The lowest BCUT2D eigenvalue weighted by Gasteiger charge is -2.35. The van der Waals surface area contributed by atoms with Gasteiger partial charge in [-0.15, -0.1) is 0 Å². The van der Waals surface area contributed by atoms with Crippen LogP contribution in [-0.2, 0) is 16.1 Å². The summed E-state index contributed by atoms with van der Waals surface area (Å²) in [6.07, 6.45) is 5.76. The van der Waals surface area contributed by atoms with E-state index in [2.05, 4.69) is 19.9 Å². The van der Waals surface area contributed by atoms with Crippen molar-refractivity contribution in [2.45, 2.75) is 18.1 Å². The van der Waals surface area contributed by atoms with E-state index < -0.39 is 0 Å². The molecular formula is C22H26N6O3S. The fraction of sp³-hybridized carbons (Fsp3) is 0.409. The summed E-state index contributed by atoms with van der Waals surface area (Å²) < 4.78 is 6.79. The van der Waals surface area contributed by atoms with Crippen LogP contribution in [0.5, 0.6) is 0 Å². The topological polar surface area (TPSA) is 93.4 Å². The van der Waals surface area contributed by atoms with Gasteiger partial charge in [-0.2, -0.15) is 0 Å². The van der Waals surface area contributed by atoms with Gasteiger partial charge >= 0.3 is 0 Å². The van der Waals surface area contributed by atoms with E-state index in [0.29, 0.717) is 61.8 Å². The number of rotatable bonds is 8. The Balaban J connectivity index is 1.42. The lowest BCUT2D eigenvalue weighted by molar-refractivity contribution is -0.128. The number of para-hydroxylation sites is 1. The predicted molar refractivity (Wildman–Crippen MR) is 124 cm³/mol. The molecule has 4 rings (SSSR count). The SMILES string of the molecule is COCCCn1c(SCC(=O)N2CCN(c3cnccn3)CC2)nc2ccccc2c1=O. The van der Waals surface area contributed by atoms with Gasteiger partial charge in [0, 0.05) is 58.8 Å². The lowest BCUT2D eigenvalue weighted by atomic mass is 10.2. The number of amides is 1. The van der Waals surface area contributed by atoms with Crippen LogP contribution < -0.4 is 10.5 Å². The molecule has 10 heteroatoms. The first kappa shape index (κ1) is 22.2. The minimum absolute atomic E-state index is 0.0413. The Kier molecular flexibility index (Phi) is 7.33. The lowest BCUT2D eigenvalue weighted by Crippen LogP contribution is -2.49. The van der Waals surface area contributed by atoms with E-state index in [1.807, 2.05) is 23.1 Å². The van der Waals surface area contributed by atoms with Gasteiger partial charge in [-0.3, -0.25) is 19.1 Å². The van der Waals surface area contributed by atoms with Crippen LogP contribution >= 0.6 is 11.8 Å². The van der Waals surface area contributed by atoms with Crippen LogP contribution in [0.15, 0.2) is 52.8 Å². The highest BCUT2D eigenvalue weighted by Gasteiger charge is 2.23. The Morgan fingerprint density at radius 2 is 1.97 bits per heavy atom. The number of ether oxygens (including phenoxy) is 1. The minimum Gasteiger partial charge on any atom is -0.385 e. The first-order valence-corrected chi connectivity index (χ1v) is 11.6. The maximum absolute atomic E-state index is 13.0. The molecular weight excluding hydrogens is 428 g/mol. The van der Waals surface area contributed by atoms with Gasteiger partial charge in [-0.05, 0) is 18.6 Å². The van der Waals surface area contributed by atoms with Crippen LogP contribution in [0.3, 0.4) is 0 Å². The zero-order valence-corrected chi connectivity index (χ0v) is 18.8. The molecule has 1 fully saturated rings. The minimum atomic E-state index is -0.0840. The fourth-order valence-corrected chi connectivity index (χ4v) is 4.61. The van der Waals surface area contributed by atoms with Gasteiger partial charge in [0.15, 0.2) is 5.16 Å². The average Bonchev–Trinajstić information content (AvgIpc) is 2.85. The Morgan fingerprint density at radius 3 is 2.72 bits per heavy atom. The Labute approximate surface area is 190 Å². The molecule has 0 bridgehead atoms. The number of nitrogens with zero attached hydrogens (tertiary/aromatic N) is 6. The first-order chi connectivity index (χ1) is 15.7. The van der Waals surface area contributed by atoms with E-state index in [-0.39, 0.29) is 17.2 Å². The quantitative estimate of drug-likeness (QED) is 0.288. The molecule has 0 radical (unpaired) electrons. The number of hydrogen-bond donors (Lipinski definition) is 0. The van der Waals surface area contributed by atoms with Crippen LogP contribution in [0.4, 0.5) is 5.82 Å². The second-order valence-electron chi connectivity index (χ2n) is 7.43. The van der Waals surface area contributed by atoms with Crippen molar-refractivity contribution in [2.24, 2.45) is 0 Å². The molecule has 168 valence electrons. The standard InChI is InChI=1S/C22H26N6O3S/c1-31-14-4-9-28-21(30)17-5-2-3-6-18(17)25-22(28)32-16-20(29)27-12-10-26(11-13-27)19-15-23-7-8-24-19/h2-3,5-8,15H,4,9-14,16H2,1H3. The molecule has 1 aromatic carbocycles. The molecule has 0 spiro atoms. The average molecular weight is 455 g/mol. The molecule has 1 aliphatic heterocycles. The number of aromatic nitrogens is 4. The van der Waals surface area contributed by atoms with E-state index in [4.69, 9.17) is 4.74 Å². The third-order valence-electron chi connectivity index (χ3n) is 5.39. The van der Waals surface area contributed by atoms with Crippen LogP contribution in [0.1, 0.15) is 6.42 Å². The molecule has 3 heterocycles. The summed E-state index contributed by atoms with van der Waals surface area (Å²) in [6.45, 7) is 3.73. The van der Waals surface area contributed by atoms with Gasteiger partial charge in [0.2, 0.25) is 5.91 Å². The zero-order chi connectivity index (χ0) is 22.3. The van der Waals surface area contributed by atoms with Crippen molar-refractivity contribution in [3.63, 3.8) is 0 Å². The maximum Gasteiger partial charge on any atom is 0.262 e. The van der Waals surface area contributed by atoms with Gasteiger partial charge in [0.25, 0.3) is 5.56 Å². The number of methoxy groups -OCH3 is 1. The number of anilines is 1. The molecule has 0 atom stereocenters. The Bertz CT molecular complexity index is 1120. The third-order valence-corrected chi connectivity index (χ3v) is 6.35. The molecule has 0 unspecified atom stereocenters. The smallest absolute Gasteiger partial charge is 0.262 e. The number of fused-ring (bicyclic) bond motifs is 1. The second kappa shape index (κ2) is 10.6. The van der Waals surface area contributed by atoms with Crippen LogP contribution in [-0.4, -0.2) is 76.0 Å². The van der Waals surface area contributed by atoms with Crippen molar-refractivity contribution in [2.75, 3.05) is 50.5 Å². The van der Waals surface area contributed by atoms with Gasteiger partial charge in [-0.25, -0.2) is 9.97 Å². The molecule has 1 aliphatic rings. The zero-order valence-electron chi connectivity index (χ0n) is 18.0. The summed E-state index contributed by atoms with van der Waals surface area (Å²) in [5.74, 6) is 1.11. The van der Waals surface area contributed by atoms with Crippen LogP contribution in [0, 0.1) is 0 Å². The molecule has 1 saturated heterocycles. The van der Waals surface area contributed by atoms with Gasteiger partial charge in [0.05, 0.1) is 22.9 Å². The highest BCUT2D eigenvalue weighted by atomic mass is 32.2. The maximum atomic E-state index is 13.0. The van der Waals surface area contributed by atoms with Crippen molar-refractivity contribution in [1.82, 2.24) is 24.4 Å². The first-order valence-electron chi connectivity index (χ1n) is 10.6. The van der Waals surface area contributed by atoms with Gasteiger partial charge in [0.1, 0.15) is 5.82 Å². The summed E-state index contributed by atoms with van der Waals surface area (Å²) in [5, 5.41) is 1.15. The molecule has 9 nitrogen and oxygen atoms in total. The van der Waals surface area contributed by atoms with E-state index in [9.17, 15) is 9.59 Å². The highest BCUT2D eigenvalue weighted by molar-refractivity contribution is 7.99. The summed E-state index contributed by atoms with van der Waals surface area (Å²) in [4.78, 5) is 43.0. The van der Waals surface area contributed by atoms with Crippen LogP contribution in [0.25, 0.3) is 10.9 Å². The van der Waals surface area contributed by atoms with E-state index >= 15 is 0 Å². The molecule has 0 saturated carbocycles. The normalized spacial score (nSPS) is 14.2. The monoisotopic (exact) mass is 454 g/mol. The number of carbonyl (C=O) groups excluding carboxylic acids is 1. The third kappa shape index (κ3) is 5.08. The fourth-order valence-electron chi connectivity index (χ4n) is 3.68. The number of piperazine rings is 1. The Morgan fingerprint density at radius 1 is 1.16 bits per heavy atom. The second-order valence-corrected chi connectivity index (χ2v) is 8.38. The number of benzene rings is 1. The summed E-state index contributed by atoms with van der Waals surface area (Å²) in [7, 11) is 1.64. The molecule has 0 aliphatic carbocycles. The van der Waals surface area contributed by atoms with Crippen molar-refractivity contribution in [3.05, 3.63) is 53.2 Å². The summed E-state index contributed by atoms with van der Waals surface area (Å²) in [6, 6.07) is 7.31.